The van der Waals surface area contributed by atoms with Crippen molar-refractivity contribution in [3.8, 4) is 0 Å². The first-order valence-corrected chi connectivity index (χ1v) is 11.9. The van der Waals surface area contributed by atoms with Gasteiger partial charge in [-0.05, 0) is 65.1 Å². The maximum atomic E-state index is 2.53. The normalized spacial score (nSPS) is 25.3. The monoisotopic (exact) mass is 366 g/mol. The highest BCUT2D eigenvalue weighted by atomic mass is 14.4. The van der Waals surface area contributed by atoms with E-state index in [4.69, 9.17) is 0 Å². The lowest BCUT2D eigenvalue weighted by Gasteiger charge is -2.41. The molecule has 10 atom stereocenters. The summed E-state index contributed by atoms with van der Waals surface area (Å²) < 4.78 is 0. The number of hydrogen-bond donors (Lipinski definition) is 0. The first kappa shape index (κ1) is 26.0. The van der Waals surface area contributed by atoms with Gasteiger partial charge in [-0.15, -0.1) is 0 Å². The van der Waals surface area contributed by atoms with Gasteiger partial charge in [0.15, 0.2) is 0 Å². The second kappa shape index (κ2) is 11.8. The van der Waals surface area contributed by atoms with Crippen molar-refractivity contribution in [1.29, 1.82) is 0 Å². The van der Waals surface area contributed by atoms with E-state index in [2.05, 4.69) is 90.0 Å². The molecular formula is C26H54. The third-order valence-electron chi connectivity index (χ3n) is 9.72. The Morgan fingerprint density at radius 3 is 0.615 bits per heavy atom. The van der Waals surface area contributed by atoms with Crippen LogP contribution in [0.5, 0.6) is 0 Å². The molecule has 0 aromatic heterocycles. The molecule has 0 saturated carbocycles. The average Bonchev–Trinajstić information content (AvgIpc) is 2.66. The van der Waals surface area contributed by atoms with E-state index in [0.717, 1.165) is 65.1 Å². The van der Waals surface area contributed by atoms with Gasteiger partial charge in [-0.1, -0.05) is 103 Å². The minimum Gasteiger partial charge on any atom is -0.0651 e. The van der Waals surface area contributed by atoms with Crippen LogP contribution in [-0.4, -0.2) is 0 Å². The summed E-state index contributed by atoms with van der Waals surface area (Å²) in [7, 11) is 0. The lowest BCUT2D eigenvalue weighted by atomic mass is 9.64. The van der Waals surface area contributed by atoms with Crippen molar-refractivity contribution in [3.63, 3.8) is 0 Å². The SMILES string of the molecule is CCC(C)C(C)C(C)C(C)C(C)C(C)C(C)C(C)C(C)C(C)C(C)CC. The van der Waals surface area contributed by atoms with E-state index in [9.17, 15) is 0 Å². The zero-order valence-electron chi connectivity index (χ0n) is 20.8. The van der Waals surface area contributed by atoms with Gasteiger partial charge in [0.2, 0.25) is 0 Å². The fourth-order valence-corrected chi connectivity index (χ4v) is 5.13. The quantitative estimate of drug-likeness (QED) is 0.323. The van der Waals surface area contributed by atoms with Gasteiger partial charge < -0.3 is 0 Å². The standard InChI is InChI=1S/C26H54/c1-14-16(3)18(5)20(7)22(9)24(11)26(13)25(12)23(10)21(8)19(6)17(4)15-2/h16-26H,14-15H2,1-13H3. The van der Waals surface area contributed by atoms with E-state index >= 15 is 0 Å². The molecule has 10 unspecified atom stereocenters. The smallest absolute Gasteiger partial charge is 0.0386 e. The van der Waals surface area contributed by atoms with E-state index in [1.54, 1.807) is 0 Å². The molecule has 0 aromatic carbocycles. The van der Waals surface area contributed by atoms with Crippen LogP contribution in [0, 0.1) is 65.1 Å². The third kappa shape index (κ3) is 6.56. The van der Waals surface area contributed by atoms with Crippen molar-refractivity contribution in [1.82, 2.24) is 0 Å². The minimum atomic E-state index is 0.790. The summed E-state index contributed by atoms with van der Waals surface area (Å²) in [4.78, 5) is 0. The summed E-state index contributed by atoms with van der Waals surface area (Å²) >= 11 is 0. The molecule has 0 rings (SSSR count). The van der Waals surface area contributed by atoms with E-state index in [1.165, 1.54) is 12.8 Å². The van der Waals surface area contributed by atoms with Crippen molar-refractivity contribution in [2.45, 2.75) is 103 Å². The topological polar surface area (TPSA) is 0 Å². The molecule has 158 valence electrons. The van der Waals surface area contributed by atoms with Gasteiger partial charge >= 0.3 is 0 Å². The van der Waals surface area contributed by atoms with E-state index in [-0.39, 0.29) is 0 Å². The molecule has 0 saturated heterocycles. The van der Waals surface area contributed by atoms with Crippen LogP contribution >= 0.6 is 0 Å². The van der Waals surface area contributed by atoms with Crippen LogP contribution in [-0.2, 0) is 0 Å². The minimum absolute atomic E-state index is 0.790. The van der Waals surface area contributed by atoms with Crippen LogP contribution in [0.15, 0.2) is 0 Å². The van der Waals surface area contributed by atoms with Crippen LogP contribution < -0.4 is 0 Å². The van der Waals surface area contributed by atoms with Crippen LogP contribution in [0.3, 0.4) is 0 Å². The predicted octanol–water partition coefficient (Wildman–Crippen LogP) is 8.80. The Morgan fingerprint density at radius 1 is 0.308 bits per heavy atom. The summed E-state index contributed by atoms with van der Waals surface area (Å²) in [5.74, 6) is 8.90. The second-order valence-electron chi connectivity index (χ2n) is 10.5. The van der Waals surface area contributed by atoms with Crippen molar-refractivity contribution < 1.29 is 0 Å². The fourth-order valence-electron chi connectivity index (χ4n) is 5.13. The second-order valence-corrected chi connectivity index (χ2v) is 10.5. The fraction of sp³-hybridized carbons (Fsp3) is 1.00. The first-order chi connectivity index (χ1) is 11.9. The Bertz CT molecular complexity index is 325. The molecule has 0 heteroatoms. The summed E-state index contributed by atoms with van der Waals surface area (Å²) in [6.45, 7) is 32.2. The highest BCUT2D eigenvalue weighted by molar-refractivity contribution is 4.83. The zero-order chi connectivity index (χ0) is 20.8. The molecule has 0 nitrogen and oxygen atoms in total. The molecule has 0 amide bonds. The molecule has 0 aromatic rings. The van der Waals surface area contributed by atoms with Crippen LogP contribution in [0.25, 0.3) is 0 Å². The molecule has 0 aliphatic carbocycles. The van der Waals surface area contributed by atoms with Gasteiger partial charge in [0.05, 0.1) is 0 Å². The molecular weight excluding hydrogens is 312 g/mol. The van der Waals surface area contributed by atoms with Gasteiger partial charge in [0.25, 0.3) is 0 Å². The molecule has 0 N–H and O–H groups in total. The summed E-state index contributed by atoms with van der Waals surface area (Å²) in [6, 6.07) is 0. The largest absolute Gasteiger partial charge is 0.0651 e. The highest BCUT2D eigenvalue weighted by Gasteiger charge is 2.35. The molecule has 0 fully saturated rings. The van der Waals surface area contributed by atoms with E-state index in [1.807, 2.05) is 0 Å². The molecule has 0 bridgehead atoms. The summed E-state index contributed by atoms with van der Waals surface area (Å²) in [6.07, 6.45) is 2.61. The first-order valence-electron chi connectivity index (χ1n) is 11.9. The van der Waals surface area contributed by atoms with Crippen molar-refractivity contribution in [2.75, 3.05) is 0 Å². The highest BCUT2D eigenvalue weighted by Crippen LogP contribution is 2.41. The maximum Gasteiger partial charge on any atom is -0.0386 e. The van der Waals surface area contributed by atoms with Crippen molar-refractivity contribution in [3.05, 3.63) is 0 Å². The lowest BCUT2D eigenvalue weighted by molar-refractivity contribution is 0.0740. The van der Waals surface area contributed by atoms with Gasteiger partial charge in [-0.3, -0.25) is 0 Å². The lowest BCUT2D eigenvalue weighted by Crippen LogP contribution is -2.35. The van der Waals surface area contributed by atoms with Gasteiger partial charge in [0, 0.05) is 0 Å². The van der Waals surface area contributed by atoms with Gasteiger partial charge in [-0.25, -0.2) is 0 Å². The maximum absolute atomic E-state index is 2.53. The molecule has 0 heterocycles. The summed E-state index contributed by atoms with van der Waals surface area (Å²) in [5, 5.41) is 0. The molecule has 26 heavy (non-hydrogen) atoms. The predicted molar refractivity (Wildman–Crippen MR) is 121 cm³/mol. The van der Waals surface area contributed by atoms with Crippen LogP contribution in [0.4, 0.5) is 0 Å². The zero-order valence-corrected chi connectivity index (χ0v) is 20.8. The number of rotatable bonds is 12. The van der Waals surface area contributed by atoms with Crippen LogP contribution in [0.2, 0.25) is 0 Å². The van der Waals surface area contributed by atoms with Crippen molar-refractivity contribution >= 4 is 0 Å². The summed E-state index contributed by atoms with van der Waals surface area (Å²) in [5.41, 5.74) is 0. The Kier molecular flexibility index (Phi) is 11.8. The molecule has 0 aliphatic heterocycles. The van der Waals surface area contributed by atoms with Gasteiger partial charge in [-0.2, -0.15) is 0 Å². The Labute approximate surface area is 168 Å². The van der Waals surface area contributed by atoms with E-state index in [0.29, 0.717) is 0 Å². The Balaban J connectivity index is 5.00. The van der Waals surface area contributed by atoms with Gasteiger partial charge in [0.1, 0.15) is 0 Å². The average molecular weight is 367 g/mol. The molecule has 0 aliphatic rings. The van der Waals surface area contributed by atoms with Crippen molar-refractivity contribution in [2.24, 2.45) is 65.1 Å². The third-order valence-corrected chi connectivity index (χ3v) is 9.72. The van der Waals surface area contributed by atoms with Crippen LogP contribution in [0.1, 0.15) is 103 Å². The Hall–Kier alpha value is 0. The molecule has 0 radical (unpaired) electrons. The van der Waals surface area contributed by atoms with E-state index < -0.39 is 0 Å². The molecule has 0 spiro atoms. The Morgan fingerprint density at radius 2 is 0.462 bits per heavy atom. The number of hydrogen-bond acceptors (Lipinski definition) is 0.